The highest BCUT2D eigenvalue weighted by atomic mass is 16.6. The largest absolute Gasteiger partial charge is 0.464 e. The monoisotopic (exact) mass is 478 g/mol. The number of aldehydes is 1. The van der Waals surface area contributed by atoms with Gasteiger partial charge in [-0.1, -0.05) is 38.1 Å². The molecule has 0 N–H and O–H groups in total. The molecule has 1 aromatic rings. The van der Waals surface area contributed by atoms with E-state index in [0.717, 1.165) is 11.8 Å². The van der Waals surface area contributed by atoms with Gasteiger partial charge in [0.1, 0.15) is 24.8 Å². The molecule has 0 unspecified atom stereocenters. The van der Waals surface area contributed by atoms with Gasteiger partial charge in [-0.15, -0.1) is 0 Å². The number of aryl methyl sites for hydroxylation is 1. The van der Waals surface area contributed by atoms with Crippen molar-refractivity contribution in [3.63, 3.8) is 0 Å². The number of esters is 2. The SMILES string of the molecule is C=C1C(=O)[C@@]23C(=O)OC[C@]4(C(=O)CCC(C)(C)[C@H]4C=O)[C@@H]2CC[C@@H]1[C@H]3OC(=O)c1ccc(C)cc1. The van der Waals surface area contributed by atoms with E-state index in [-0.39, 0.29) is 24.4 Å². The molecule has 3 saturated carbocycles. The van der Waals surface area contributed by atoms with Crippen LogP contribution in [0.1, 0.15) is 55.5 Å². The summed E-state index contributed by atoms with van der Waals surface area (Å²) in [5.74, 6) is -4.23. The Morgan fingerprint density at radius 2 is 1.83 bits per heavy atom. The molecule has 0 aromatic heterocycles. The molecule has 7 heteroatoms. The molecule has 4 fully saturated rings. The third-order valence-corrected chi connectivity index (χ3v) is 9.22. The molecule has 35 heavy (non-hydrogen) atoms. The zero-order chi connectivity index (χ0) is 25.3. The molecule has 1 saturated heterocycles. The molecule has 184 valence electrons. The molecular formula is C28H30O7. The van der Waals surface area contributed by atoms with Crippen molar-refractivity contribution >= 4 is 29.8 Å². The van der Waals surface area contributed by atoms with Gasteiger partial charge in [0, 0.05) is 24.2 Å². The zero-order valence-corrected chi connectivity index (χ0v) is 20.3. The van der Waals surface area contributed by atoms with Crippen molar-refractivity contribution < 1.29 is 33.4 Å². The number of Topliss-reactive ketones (excluding diaryl/α,β-unsaturated/α-hetero) is 2. The standard InChI is InChI=1S/C28H30O7/c1-15-5-7-17(8-6-15)24(32)35-23-18-9-10-19-27(20(13-29)26(3,4)12-11-21(27)30)14-34-25(33)28(19,23)22(31)16(18)2/h5-8,13,18-20,23H,2,9-12,14H2,1,3-4H3/t18-,19-,20+,23+,27-,28-/m0/s1. The quantitative estimate of drug-likeness (QED) is 0.284. The molecule has 5 rings (SSSR count). The van der Waals surface area contributed by atoms with Crippen molar-refractivity contribution in [3.05, 3.63) is 47.5 Å². The van der Waals surface area contributed by atoms with E-state index in [2.05, 4.69) is 6.58 Å². The predicted octanol–water partition coefficient (Wildman–Crippen LogP) is 3.42. The Morgan fingerprint density at radius 3 is 2.49 bits per heavy atom. The van der Waals surface area contributed by atoms with Gasteiger partial charge in [-0.25, -0.2) is 4.79 Å². The van der Waals surface area contributed by atoms with Crippen LogP contribution in [0.2, 0.25) is 0 Å². The Bertz CT molecular complexity index is 1160. The lowest BCUT2D eigenvalue weighted by atomic mass is 9.44. The summed E-state index contributed by atoms with van der Waals surface area (Å²) in [6, 6.07) is 6.81. The van der Waals surface area contributed by atoms with Crippen LogP contribution in [-0.4, -0.2) is 42.5 Å². The van der Waals surface area contributed by atoms with Crippen LogP contribution in [0.3, 0.4) is 0 Å². The molecular weight excluding hydrogens is 448 g/mol. The van der Waals surface area contributed by atoms with Crippen LogP contribution in [-0.2, 0) is 28.7 Å². The fraction of sp³-hybridized carbons (Fsp3) is 0.536. The number of ether oxygens (including phenoxy) is 2. The number of rotatable bonds is 3. The molecule has 7 nitrogen and oxygen atoms in total. The summed E-state index contributed by atoms with van der Waals surface area (Å²) in [6.07, 6.45) is 1.21. The molecule has 1 aromatic carbocycles. The Kier molecular flexibility index (Phi) is 5.20. The van der Waals surface area contributed by atoms with Crippen molar-refractivity contribution in [2.45, 2.75) is 52.6 Å². The summed E-state index contributed by atoms with van der Waals surface area (Å²) in [7, 11) is 0. The number of hydrogen-bond acceptors (Lipinski definition) is 7. The van der Waals surface area contributed by atoms with Crippen molar-refractivity contribution in [2.75, 3.05) is 6.61 Å². The van der Waals surface area contributed by atoms with Gasteiger partial charge in [0.15, 0.2) is 11.2 Å². The predicted molar refractivity (Wildman–Crippen MR) is 124 cm³/mol. The van der Waals surface area contributed by atoms with Crippen LogP contribution in [0.5, 0.6) is 0 Å². The lowest BCUT2D eigenvalue weighted by Crippen LogP contribution is -2.70. The van der Waals surface area contributed by atoms with E-state index >= 15 is 0 Å². The summed E-state index contributed by atoms with van der Waals surface area (Å²) in [5.41, 5.74) is -2.25. The van der Waals surface area contributed by atoms with Gasteiger partial charge in [0.2, 0.25) is 0 Å². The lowest BCUT2D eigenvalue weighted by molar-refractivity contribution is -0.220. The van der Waals surface area contributed by atoms with E-state index in [1.807, 2.05) is 20.8 Å². The maximum Gasteiger partial charge on any atom is 0.338 e. The number of ketones is 2. The number of fused-ring (bicyclic) bond motifs is 2. The number of cyclic esters (lactones) is 1. The summed E-state index contributed by atoms with van der Waals surface area (Å²) in [6.45, 7) is 9.47. The first-order valence-electron chi connectivity index (χ1n) is 12.2. The van der Waals surface area contributed by atoms with E-state index < -0.39 is 57.8 Å². The maximum atomic E-state index is 13.8. The minimum atomic E-state index is -1.87. The zero-order valence-electron chi connectivity index (χ0n) is 20.3. The fourth-order valence-corrected chi connectivity index (χ4v) is 7.37. The van der Waals surface area contributed by atoms with E-state index in [1.54, 1.807) is 24.3 Å². The molecule has 1 heterocycles. The van der Waals surface area contributed by atoms with Gasteiger partial charge in [-0.05, 0) is 49.3 Å². The molecule has 6 atom stereocenters. The average molecular weight is 479 g/mol. The van der Waals surface area contributed by atoms with Crippen LogP contribution in [0.15, 0.2) is 36.4 Å². The highest BCUT2D eigenvalue weighted by molar-refractivity contribution is 6.17. The molecule has 2 bridgehead atoms. The molecule has 2 spiro atoms. The number of hydrogen-bond donors (Lipinski definition) is 0. The Labute approximate surface area is 204 Å². The van der Waals surface area contributed by atoms with Crippen molar-refractivity contribution in [3.8, 4) is 0 Å². The van der Waals surface area contributed by atoms with Gasteiger partial charge in [0.05, 0.1) is 11.0 Å². The number of benzene rings is 1. The highest BCUT2D eigenvalue weighted by Crippen LogP contribution is 2.67. The molecule has 0 amide bonds. The van der Waals surface area contributed by atoms with Crippen molar-refractivity contribution in [1.29, 1.82) is 0 Å². The minimum Gasteiger partial charge on any atom is -0.464 e. The van der Waals surface area contributed by atoms with Crippen LogP contribution in [0.25, 0.3) is 0 Å². The van der Waals surface area contributed by atoms with E-state index in [1.165, 1.54) is 0 Å². The molecule has 3 aliphatic carbocycles. The first-order chi connectivity index (χ1) is 16.5. The van der Waals surface area contributed by atoms with Gasteiger partial charge in [-0.3, -0.25) is 14.4 Å². The Hall–Kier alpha value is -3.09. The highest BCUT2D eigenvalue weighted by Gasteiger charge is 2.78. The Balaban J connectivity index is 1.65. The van der Waals surface area contributed by atoms with E-state index in [0.29, 0.717) is 24.8 Å². The van der Waals surface area contributed by atoms with Crippen molar-refractivity contribution in [1.82, 2.24) is 0 Å². The minimum absolute atomic E-state index is 0.168. The van der Waals surface area contributed by atoms with Gasteiger partial charge in [-0.2, -0.15) is 0 Å². The topological polar surface area (TPSA) is 104 Å². The molecule has 1 aliphatic heterocycles. The first-order valence-corrected chi connectivity index (χ1v) is 12.2. The van der Waals surface area contributed by atoms with Crippen LogP contribution < -0.4 is 0 Å². The summed E-state index contributed by atoms with van der Waals surface area (Å²) < 4.78 is 11.6. The first kappa shape index (κ1) is 23.6. The van der Waals surface area contributed by atoms with Crippen molar-refractivity contribution in [2.24, 2.45) is 34.0 Å². The van der Waals surface area contributed by atoms with E-state index in [4.69, 9.17) is 9.47 Å². The van der Waals surface area contributed by atoms with E-state index in [9.17, 15) is 24.0 Å². The maximum absolute atomic E-state index is 13.8. The number of carbonyl (C=O) groups excluding carboxylic acids is 5. The normalized spacial score (nSPS) is 37.6. The third kappa shape index (κ3) is 2.93. The second kappa shape index (κ2) is 7.70. The Morgan fingerprint density at radius 1 is 1.14 bits per heavy atom. The van der Waals surface area contributed by atoms with Gasteiger partial charge in [0.25, 0.3) is 0 Å². The van der Waals surface area contributed by atoms with Crippen LogP contribution in [0.4, 0.5) is 0 Å². The smallest absolute Gasteiger partial charge is 0.338 e. The number of carbonyl (C=O) groups is 5. The second-order valence-corrected chi connectivity index (χ2v) is 11.3. The van der Waals surface area contributed by atoms with Crippen LogP contribution >= 0.6 is 0 Å². The molecule has 4 aliphatic rings. The van der Waals surface area contributed by atoms with Gasteiger partial charge < -0.3 is 14.3 Å². The average Bonchev–Trinajstić information content (AvgIpc) is 2.94. The van der Waals surface area contributed by atoms with Gasteiger partial charge >= 0.3 is 11.9 Å². The third-order valence-electron chi connectivity index (χ3n) is 9.22. The fourth-order valence-electron chi connectivity index (χ4n) is 7.37. The summed E-state index contributed by atoms with van der Waals surface area (Å²) >= 11 is 0. The summed E-state index contributed by atoms with van der Waals surface area (Å²) in [5, 5.41) is 0. The second-order valence-electron chi connectivity index (χ2n) is 11.3. The summed E-state index contributed by atoms with van der Waals surface area (Å²) in [4.78, 5) is 66.7. The molecule has 0 radical (unpaired) electrons. The lowest BCUT2D eigenvalue weighted by Gasteiger charge is -2.59. The van der Waals surface area contributed by atoms with Crippen LogP contribution in [0, 0.1) is 40.9 Å².